The molecule has 2 heterocycles. The van der Waals surface area contributed by atoms with E-state index in [-0.39, 0.29) is 29.8 Å². The highest BCUT2D eigenvalue weighted by atomic mass is 35.5. The van der Waals surface area contributed by atoms with Gasteiger partial charge >= 0.3 is 0 Å². The molecular weight excluding hydrogens is 374 g/mol. The average molecular weight is 406 g/mol. The molecule has 1 saturated heterocycles. The zero-order chi connectivity index (χ0) is 19.6. The van der Waals surface area contributed by atoms with Crippen LogP contribution in [0.15, 0.2) is 24.3 Å². The van der Waals surface area contributed by atoms with E-state index >= 15 is 0 Å². The Bertz CT molecular complexity index is 788. The number of halogens is 1. The van der Waals surface area contributed by atoms with E-state index in [1.54, 1.807) is 0 Å². The monoisotopic (exact) mass is 405 g/mol. The van der Waals surface area contributed by atoms with Crippen LogP contribution in [0.4, 0.5) is 0 Å². The molecule has 7 heteroatoms. The third-order valence-electron chi connectivity index (χ3n) is 5.33. The first kappa shape index (κ1) is 22.4. The maximum absolute atomic E-state index is 13.0. The van der Waals surface area contributed by atoms with Gasteiger partial charge in [0.25, 0.3) is 5.91 Å². The smallest absolute Gasteiger partial charge is 0.276 e. The van der Waals surface area contributed by atoms with Crippen LogP contribution < -0.4 is 5.32 Å². The maximum atomic E-state index is 13.0. The molecule has 154 valence electrons. The van der Waals surface area contributed by atoms with Crippen LogP contribution in [0.1, 0.15) is 62.3 Å². The SMILES string of the molecule is CCCc1c(C(=O)N(C)C2CCNC2)nnn1-c1ccc(C(C)(C)C)cc1.Cl. The lowest BCUT2D eigenvalue weighted by atomic mass is 9.87. The maximum Gasteiger partial charge on any atom is 0.276 e. The highest BCUT2D eigenvalue weighted by Crippen LogP contribution is 2.24. The van der Waals surface area contributed by atoms with Gasteiger partial charge in [0.2, 0.25) is 0 Å². The highest BCUT2D eigenvalue weighted by molar-refractivity contribution is 5.93. The predicted molar refractivity (Wildman–Crippen MR) is 115 cm³/mol. The summed E-state index contributed by atoms with van der Waals surface area (Å²) in [4.78, 5) is 14.9. The number of hydrogen-bond donors (Lipinski definition) is 1. The first-order valence-corrected chi connectivity index (χ1v) is 9.86. The summed E-state index contributed by atoms with van der Waals surface area (Å²) in [6.07, 6.45) is 2.68. The van der Waals surface area contributed by atoms with Gasteiger partial charge in [-0.05, 0) is 42.5 Å². The lowest BCUT2D eigenvalue weighted by molar-refractivity contribution is 0.0736. The van der Waals surface area contributed by atoms with Gasteiger partial charge < -0.3 is 10.2 Å². The van der Waals surface area contributed by atoms with Crippen LogP contribution in [-0.4, -0.2) is 52.0 Å². The molecule has 1 amide bonds. The summed E-state index contributed by atoms with van der Waals surface area (Å²) < 4.78 is 1.82. The largest absolute Gasteiger partial charge is 0.336 e. The first-order chi connectivity index (χ1) is 12.8. The first-order valence-electron chi connectivity index (χ1n) is 9.86. The van der Waals surface area contributed by atoms with Crippen molar-refractivity contribution in [3.63, 3.8) is 0 Å². The Morgan fingerprint density at radius 2 is 1.96 bits per heavy atom. The lowest BCUT2D eigenvalue weighted by Crippen LogP contribution is -2.39. The fraction of sp³-hybridized carbons (Fsp3) is 0.571. The number of carbonyl (C=O) groups excluding carboxylic acids is 1. The molecule has 0 bridgehead atoms. The molecule has 1 aromatic carbocycles. The van der Waals surface area contributed by atoms with Gasteiger partial charge in [-0.2, -0.15) is 0 Å². The fourth-order valence-corrected chi connectivity index (χ4v) is 3.54. The van der Waals surface area contributed by atoms with Gasteiger partial charge in [-0.15, -0.1) is 17.5 Å². The summed E-state index contributed by atoms with van der Waals surface area (Å²) in [5.41, 5.74) is 3.69. The van der Waals surface area contributed by atoms with Gasteiger partial charge in [0.15, 0.2) is 5.69 Å². The number of benzene rings is 1. The Labute approximate surface area is 174 Å². The van der Waals surface area contributed by atoms with E-state index in [9.17, 15) is 4.79 Å². The molecule has 1 aliphatic heterocycles. The van der Waals surface area contributed by atoms with E-state index in [1.807, 2.05) is 16.6 Å². The van der Waals surface area contributed by atoms with Gasteiger partial charge in [0.1, 0.15) is 0 Å². The number of rotatable bonds is 5. The molecule has 1 aliphatic rings. The highest BCUT2D eigenvalue weighted by Gasteiger charge is 2.28. The van der Waals surface area contributed by atoms with Crippen molar-refractivity contribution in [2.45, 2.75) is 58.4 Å². The molecule has 1 fully saturated rings. The van der Waals surface area contributed by atoms with Gasteiger partial charge in [-0.3, -0.25) is 4.79 Å². The molecule has 2 aromatic rings. The van der Waals surface area contributed by atoms with Crippen molar-refractivity contribution in [2.24, 2.45) is 0 Å². The third kappa shape index (κ3) is 4.55. The summed E-state index contributed by atoms with van der Waals surface area (Å²) in [6.45, 7) is 10.5. The van der Waals surface area contributed by atoms with Crippen LogP contribution >= 0.6 is 12.4 Å². The zero-order valence-electron chi connectivity index (χ0n) is 17.5. The Hall–Kier alpha value is -1.92. The molecule has 0 spiro atoms. The summed E-state index contributed by atoms with van der Waals surface area (Å²) in [7, 11) is 1.87. The van der Waals surface area contributed by atoms with E-state index < -0.39 is 0 Å². The van der Waals surface area contributed by atoms with Crippen LogP contribution in [0.25, 0.3) is 5.69 Å². The molecule has 1 unspecified atom stereocenters. The Morgan fingerprint density at radius 1 is 1.29 bits per heavy atom. The Kier molecular flexibility index (Phi) is 7.23. The van der Waals surface area contributed by atoms with Gasteiger partial charge in [-0.1, -0.05) is 51.5 Å². The predicted octanol–water partition coefficient (Wildman–Crippen LogP) is 3.37. The van der Waals surface area contributed by atoms with E-state index in [1.165, 1.54) is 5.56 Å². The van der Waals surface area contributed by atoms with Crippen molar-refractivity contribution in [2.75, 3.05) is 20.1 Å². The van der Waals surface area contributed by atoms with Gasteiger partial charge in [-0.25, -0.2) is 4.68 Å². The molecule has 0 saturated carbocycles. The van der Waals surface area contributed by atoms with Crippen LogP contribution in [0, 0.1) is 0 Å². The quantitative estimate of drug-likeness (QED) is 0.828. The van der Waals surface area contributed by atoms with Crippen LogP contribution in [0.2, 0.25) is 0 Å². The van der Waals surface area contributed by atoms with Crippen molar-refractivity contribution >= 4 is 18.3 Å². The Balaban J connectivity index is 0.00000280. The molecule has 0 aliphatic carbocycles. The van der Waals surface area contributed by atoms with Crippen molar-refractivity contribution < 1.29 is 4.79 Å². The lowest BCUT2D eigenvalue weighted by Gasteiger charge is -2.23. The minimum Gasteiger partial charge on any atom is -0.336 e. The molecule has 0 radical (unpaired) electrons. The van der Waals surface area contributed by atoms with E-state index in [2.05, 4.69) is 67.6 Å². The number of likely N-dealkylation sites (N-methyl/N-ethyl adjacent to an activating group) is 1. The second kappa shape index (κ2) is 9.05. The van der Waals surface area contributed by atoms with Crippen molar-refractivity contribution in [1.29, 1.82) is 0 Å². The fourth-order valence-electron chi connectivity index (χ4n) is 3.54. The molecule has 6 nitrogen and oxygen atoms in total. The number of aromatic nitrogens is 3. The second-order valence-corrected chi connectivity index (χ2v) is 8.41. The van der Waals surface area contributed by atoms with Crippen LogP contribution in [0.3, 0.4) is 0 Å². The zero-order valence-corrected chi connectivity index (χ0v) is 18.3. The Morgan fingerprint density at radius 3 is 2.50 bits per heavy atom. The number of amides is 1. The minimum atomic E-state index is -0.0373. The standard InChI is InChI=1S/C21H31N5O.ClH/c1-6-7-18-19(20(27)25(5)17-12-13-22-14-17)23-24-26(18)16-10-8-15(9-11-16)21(2,3)4;/h8-11,17,22H,6-7,12-14H2,1-5H3;1H. The number of hydrogen-bond acceptors (Lipinski definition) is 4. The summed E-state index contributed by atoms with van der Waals surface area (Å²) >= 11 is 0. The molecule has 3 rings (SSSR count). The van der Waals surface area contributed by atoms with Crippen molar-refractivity contribution in [3.05, 3.63) is 41.2 Å². The van der Waals surface area contributed by atoms with Crippen LogP contribution in [-0.2, 0) is 11.8 Å². The molecule has 28 heavy (non-hydrogen) atoms. The summed E-state index contributed by atoms with van der Waals surface area (Å²) in [6, 6.07) is 8.61. The van der Waals surface area contributed by atoms with E-state index in [0.717, 1.165) is 43.7 Å². The summed E-state index contributed by atoms with van der Waals surface area (Å²) in [5.74, 6) is -0.0373. The molecule has 1 N–H and O–H groups in total. The number of nitrogens with one attached hydrogen (secondary N) is 1. The number of nitrogens with zero attached hydrogens (tertiary/aromatic N) is 4. The molecular formula is C21H32ClN5O. The molecule has 1 aromatic heterocycles. The molecule has 1 atom stereocenters. The van der Waals surface area contributed by atoms with E-state index in [0.29, 0.717) is 5.69 Å². The average Bonchev–Trinajstić information content (AvgIpc) is 3.30. The second-order valence-electron chi connectivity index (χ2n) is 8.41. The van der Waals surface area contributed by atoms with E-state index in [4.69, 9.17) is 0 Å². The summed E-state index contributed by atoms with van der Waals surface area (Å²) in [5, 5.41) is 11.9. The number of carbonyl (C=O) groups is 1. The van der Waals surface area contributed by atoms with Gasteiger partial charge in [0, 0.05) is 19.6 Å². The van der Waals surface area contributed by atoms with Gasteiger partial charge in [0.05, 0.1) is 11.4 Å². The van der Waals surface area contributed by atoms with Crippen LogP contribution in [0.5, 0.6) is 0 Å². The third-order valence-corrected chi connectivity index (χ3v) is 5.33. The minimum absolute atomic E-state index is 0. The van der Waals surface area contributed by atoms with Crippen molar-refractivity contribution in [3.8, 4) is 5.69 Å². The van der Waals surface area contributed by atoms with Crippen molar-refractivity contribution in [1.82, 2.24) is 25.2 Å². The normalized spacial score (nSPS) is 16.7. The topological polar surface area (TPSA) is 63.1 Å².